The molecule has 0 saturated carbocycles. The van der Waals surface area contributed by atoms with Crippen LogP contribution < -0.4 is 20.5 Å². The monoisotopic (exact) mass is 468 g/mol. The van der Waals surface area contributed by atoms with Crippen LogP contribution in [0.15, 0.2) is 42.5 Å². The van der Waals surface area contributed by atoms with Gasteiger partial charge in [-0.15, -0.1) is 0 Å². The number of ether oxygens (including phenoxy) is 2. The number of hydrogen-bond donors (Lipinski definition) is 2. The predicted molar refractivity (Wildman–Crippen MR) is 138 cm³/mol. The average Bonchev–Trinajstić information content (AvgIpc) is 2.81. The van der Waals surface area contributed by atoms with Crippen LogP contribution in [0.5, 0.6) is 11.5 Å². The summed E-state index contributed by atoms with van der Waals surface area (Å²) in [6.07, 6.45) is 2.76. The first kappa shape index (κ1) is 27.2. The van der Waals surface area contributed by atoms with Gasteiger partial charge in [0.25, 0.3) is 5.91 Å². The van der Waals surface area contributed by atoms with Crippen molar-refractivity contribution >= 4 is 17.5 Å². The van der Waals surface area contributed by atoms with Gasteiger partial charge in [-0.3, -0.25) is 9.59 Å². The van der Waals surface area contributed by atoms with Gasteiger partial charge in [0.05, 0.1) is 12.3 Å². The highest BCUT2D eigenvalue weighted by atomic mass is 16.5. The summed E-state index contributed by atoms with van der Waals surface area (Å²) in [6, 6.07) is 13.5. The van der Waals surface area contributed by atoms with Crippen LogP contribution >= 0.6 is 0 Å². The molecule has 0 aliphatic heterocycles. The Balaban J connectivity index is 2.11. The zero-order chi connectivity index (χ0) is 25.4. The van der Waals surface area contributed by atoms with Gasteiger partial charge in [0, 0.05) is 12.0 Å². The summed E-state index contributed by atoms with van der Waals surface area (Å²) in [6.45, 7) is 13.5. The molecule has 34 heavy (non-hydrogen) atoms. The van der Waals surface area contributed by atoms with Crippen LogP contribution in [-0.2, 0) is 20.4 Å². The van der Waals surface area contributed by atoms with Gasteiger partial charge in [-0.05, 0) is 53.9 Å². The number of carbonyl (C=O) groups excluding carboxylic acids is 2. The number of nitrogens with two attached hydrogens (primary N) is 1. The molecule has 2 aromatic rings. The third-order valence-electron chi connectivity index (χ3n) is 6.60. The molecule has 0 fully saturated rings. The minimum absolute atomic E-state index is 0.0651. The van der Waals surface area contributed by atoms with E-state index >= 15 is 0 Å². The van der Waals surface area contributed by atoms with E-state index < -0.39 is 0 Å². The molecule has 2 amide bonds. The molecule has 6 heteroatoms. The molecular weight excluding hydrogens is 428 g/mol. The molecule has 0 aliphatic rings. The van der Waals surface area contributed by atoms with E-state index in [9.17, 15) is 9.59 Å². The van der Waals surface area contributed by atoms with Crippen molar-refractivity contribution in [2.45, 2.75) is 78.1 Å². The predicted octanol–water partition coefficient (Wildman–Crippen LogP) is 5.72. The molecule has 0 radical (unpaired) electrons. The maximum atomic E-state index is 12.7. The smallest absolute Gasteiger partial charge is 0.262 e. The number of para-hydroxylation sites is 2. The minimum Gasteiger partial charge on any atom is -0.491 e. The van der Waals surface area contributed by atoms with Crippen molar-refractivity contribution < 1.29 is 19.1 Å². The van der Waals surface area contributed by atoms with Crippen molar-refractivity contribution in [1.29, 1.82) is 0 Å². The summed E-state index contributed by atoms with van der Waals surface area (Å²) in [5.74, 6) is 0.638. The number of hydrogen-bond acceptors (Lipinski definition) is 4. The number of carbonyl (C=O) groups is 2. The van der Waals surface area contributed by atoms with Gasteiger partial charge < -0.3 is 20.5 Å². The molecule has 0 bridgehead atoms. The van der Waals surface area contributed by atoms with Crippen LogP contribution in [0.4, 0.5) is 5.69 Å². The molecule has 186 valence electrons. The van der Waals surface area contributed by atoms with Gasteiger partial charge in [0.2, 0.25) is 5.91 Å². The maximum Gasteiger partial charge on any atom is 0.262 e. The normalized spacial score (nSPS) is 11.7. The number of nitrogens with one attached hydrogen (secondary N) is 1. The quantitative estimate of drug-likeness (QED) is 0.368. The summed E-state index contributed by atoms with van der Waals surface area (Å²) in [5.41, 5.74) is 8.08. The lowest BCUT2D eigenvalue weighted by Gasteiger charge is -2.30. The van der Waals surface area contributed by atoms with Gasteiger partial charge in [0.1, 0.15) is 11.5 Å². The highest BCUT2D eigenvalue weighted by Crippen LogP contribution is 2.38. The molecular formula is C28H40N2O4. The van der Waals surface area contributed by atoms with Crippen molar-refractivity contribution in [3.63, 3.8) is 0 Å². The van der Waals surface area contributed by atoms with E-state index in [1.54, 1.807) is 12.1 Å². The van der Waals surface area contributed by atoms with Gasteiger partial charge in [-0.25, -0.2) is 0 Å². The second-order valence-corrected chi connectivity index (χ2v) is 9.94. The summed E-state index contributed by atoms with van der Waals surface area (Å²) in [4.78, 5) is 23.6. The Kier molecular flexibility index (Phi) is 9.54. The van der Waals surface area contributed by atoms with Crippen molar-refractivity contribution in [1.82, 2.24) is 0 Å². The van der Waals surface area contributed by atoms with Crippen LogP contribution in [0, 0.1) is 0 Å². The first-order valence-electron chi connectivity index (χ1n) is 12.1. The standard InChI is InChI=1S/C28H40N2O4/c1-7-27(3,4)20-15-16-23(21(18-20)28(5,6)8-2)34-19-26(32)30-22-12-9-10-13-24(22)33-17-11-14-25(29)31/h9-10,12-13,15-16,18H,7-8,11,14,17,19H2,1-6H3,(H2,29,31)(H,30,32). The van der Waals surface area contributed by atoms with Crippen LogP contribution in [0.3, 0.4) is 0 Å². The molecule has 2 rings (SSSR count). The Morgan fingerprint density at radius 3 is 2.24 bits per heavy atom. The summed E-state index contributed by atoms with van der Waals surface area (Å²) < 4.78 is 11.7. The van der Waals surface area contributed by atoms with E-state index in [0.29, 0.717) is 24.5 Å². The van der Waals surface area contributed by atoms with Crippen LogP contribution in [0.25, 0.3) is 0 Å². The van der Waals surface area contributed by atoms with E-state index in [1.165, 1.54) is 5.56 Å². The molecule has 0 aliphatic carbocycles. The van der Waals surface area contributed by atoms with Gasteiger partial charge in [0.15, 0.2) is 6.61 Å². The molecule has 0 unspecified atom stereocenters. The zero-order valence-electron chi connectivity index (χ0n) is 21.5. The fourth-order valence-corrected chi connectivity index (χ4v) is 3.45. The number of amides is 2. The zero-order valence-corrected chi connectivity index (χ0v) is 21.5. The van der Waals surface area contributed by atoms with Crippen LogP contribution in [0.1, 0.15) is 78.4 Å². The molecule has 0 aromatic heterocycles. The second-order valence-electron chi connectivity index (χ2n) is 9.94. The Bertz CT molecular complexity index is 982. The lowest BCUT2D eigenvalue weighted by molar-refractivity contribution is -0.118. The minimum atomic E-state index is -0.362. The van der Waals surface area contributed by atoms with E-state index in [1.807, 2.05) is 18.2 Å². The highest BCUT2D eigenvalue weighted by molar-refractivity contribution is 5.93. The van der Waals surface area contributed by atoms with E-state index in [4.69, 9.17) is 15.2 Å². The average molecular weight is 469 g/mol. The van der Waals surface area contributed by atoms with Crippen LogP contribution in [-0.4, -0.2) is 25.0 Å². The van der Waals surface area contributed by atoms with E-state index in [0.717, 1.165) is 24.2 Å². The van der Waals surface area contributed by atoms with Crippen molar-refractivity contribution in [2.75, 3.05) is 18.5 Å². The summed E-state index contributed by atoms with van der Waals surface area (Å²) >= 11 is 0. The molecule has 0 atom stereocenters. The van der Waals surface area contributed by atoms with Crippen molar-refractivity contribution in [3.05, 3.63) is 53.6 Å². The van der Waals surface area contributed by atoms with E-state index in [2.05, 4.69) is 59.0 Å². The number of benzene rings is 2. The van der Waals surface area contributed by atoms with Crippen molar-refractivity contribution in [2.24, 2.45) is 5.73 Å². The summed E-state index contributed by atoms with van der Waals surface area (Å²) in [7, 11) is 0. The molecule has 0 heterocycles. The largest absolute Gasteiger partial charge is 0.491 e. The van der Waals surface area contributed by atoms with Gasteiger partial charge in [-0.1, -0.05) is 65.8 Å². The molecule has 3 N–H and O–H groups in total. The highest BCUT2D eigenvalue weighted by Gasteiger charge is 2.27. The number of primary amides is 1. The Morgan fingerprint density at radius 2 is 1.59 bits per heavy atom. The SMILES string of the molecule is CCC(C)(C)c1ccc(OCC(=O)Nc2ccccc2OCCCC(N)=O)c(C(C)(C)CC)c1. The maximum absolute atomic E-state index is 12.7. The molecule has 0 saturated heterocycles. The lowest BCUT2D eigenvalue weighted by atomic mass is 9.76. The van der Waals surface area contributed by atoms with Crippen LogP contribution in [0.2, 0.25) is 0 Å². The van der Waals surface area contributed by atoms with E-state index in [-0.39, 0.29) is 35.7 Å². The molecule has 2 aromatic carbocycles. The fourth-order valence-electron chi connectivity index (χ4n) is 3.45. The Hall–Kier alpha value is -3.02. The molecule has 6 nitrogen and oxygen atoms in total. The Labute approximate surface area is 204 Å². The third kappa shape index (κ3) is 7.51. The number of rotatable bonds is 13. The third-order valence-corrected chi connectivity index (χ3v) is 6.60. The fraction of sp³-hybridized carbons (Fsp3) is 0.500. The topological polar surface area (TPSA) is 90.7 Å². The number of anilines is 1. The summed E-state index contributed by atoms with van der Waals surface area (Å²) in [5, 5.41) is 2.87. The first-order valence-corrected chi connectivity index (χ1v) is 12.1. The lowest BCUT2D eigenvalue weighted by Crippen LogP contribution is -2.24. The first-order chi connectivity index (χ1) is 16.0. The molecule has 0 spiro atoms. The van der Waals surface area contributed by atoms with Gasteiger partial charge in [-0.2, -0.15) is 0 Å². The second kappa shape index (κ2) is 11.9. The van der Waals surface area contributed by atoms with Crippen molar-refractivity contribution in [3.8, 4) is 11.5 Å². The van der Waals surface area contributed by atoms with Gasteiger partial charge >= 0.3 is 0 Å². The Morgan fingerprint density at radius 1 is 0.912 bits per heavy atom.